The Labute approximate surface area is 154 Å². The Morgan fingerprint density at radius 3 is 2.46 bits per heavy atom. The lowest BCUT2D eigenvalue weighted by molar-refractivity contribution is -0.135. The molecule has 2 atom stereocenters. The number of piperazine rings is 1. The minimum Gasteiger partial charge on any atom is -0.497 e. The van der Waals surface area contributed by atoms with E-state index in [1.165, 1.54) is 0 Å². The molecule has 2 amide bonds. The monoisotopic (exact) mass is 361 g/mol. The molecule has 2 fully saturated rings. The largest absolute Gasteiger partial charge is 0.497 e. The van der Waals surface area contributed by atoms with Crippen LogP contribution in [-0.2, 0) is 9.59 Å². The zero-order valence-corrected chi connectivity index (χ0v) is 15.7. The van der Waals surface area contributed by atoms with Crippen molar-refractivity contribution in [3.8, 4) is 11.5 Å². The van der Waals surface area contributed by atoms with Crippen LogP contribution in [0.1, 0.15) is 13.3 Å². The Kier molecular flexibility index (Phi) is 5.66. The highest BCUT2D eigenvalue weighted by molar-refractivity contribution is 6.00. The zero-order valence-electron chi connectivity index (χ0n) is 15.7. The summed E-state index contributed by atoms with van der Waals surface area (Å²) in [5.41, 5.74) is 0.562. The molecule has 0 bridgehead atoms. The number of nitrogens with one attached hydrogen (secondary N) is 1. The number of benzene rings is 1. The minimum absolute atomic E-state index is 0.110. The van der Waals surface area contributed by atoms with E-state index in [1.54, 1.807) is 32.4 Å². The van der Waals surface area contributed by atoms with Crippen LogP contribution in [-0.4, -0.2) is 68.6 Å². The Balaban J connectivity index is 1.57. The maximum atomic E-state index is 12.6. The number of carbonyl (C=O) groups is 2. The first-order valence-electron chi connectivity index (χ1n) is 9.11. The van der Waals surface area contributed by atoms with Crippen molar-refractivity contribution in [2.24, 2.45) is 11.8 Å². The molecule has 26 heavy (non-hydrogen) atoms. The lowest BCUT2D eigenvalue weighted by atomic mass is 10.2. The van der Waals surface area contributed by atoms with Crippen LogP contribution in [0.5, 0.6) is 11.5 Å². The van der Waals surface area contributed by atoms with Crippen molar-refractivity contribution in [2.75, 3.05) is 52.3 Å². The van der Waals surface area contributed by atoms with E-state index in [0.29, 0.717) is 23.6 Å². The van der Waals surface area contributed by atoms with Gasteiger partial charge in [0.1, 0.15) is 11.5 Å². The van der Waals surface area contributed by atoms with Gasteiger partial charge in [0.25, 0.3) is 0 Å². The maximum absolute atomic E-state index is 12.6. The molecular weight excluding hydrogens is 334 g/mol. The fourth-order valence-electron chi connectivity index (χ4n) is 3.41. The van der Waals surface area contributed by atoms with E-state index in [9.17, 15) is 9.59 Å². The quantitative estimate of drug-likeness (QED) is 0.830. The normalized spacial score (nSPS) is 22.7. The van der Waals surface area contributed by atoms with Crippen LogP contribution in [0.4, 0.5) is 5.69 Å². The van der Waals surface area contributed by atoms with Crippen LogP contribution in [0.15, 0.2) is 18.2 Å². The zero-order chi connectivity index (χ0) is 18.7. The van der Waals surface area contributed by atoms with E-state index < -0.39 is 0 Å². The number of amides is 2. The summed E-state index contributed by atoms with van der Waals surface area (Å²) in [5.74, 6) is 0.722. The molecular formula is C19H27N3O4. The predicted molar refractivity (Wildman–Crippen MR) is 98.5 cm³/mol. The fraction of sp³-hybridized carbons (Fsp3) is 0.579. The van der Waals surface area contributed by atoms with Crippen LogP contribution in [0.2, 0.25) is 0 Å². The van der Waals surface area contributed by atoms with Crippen molar-refractivity contribution in [2.45, 2.75) is 13.3 Å². The second-order valence-electron chi connectivity index (χ2n) is 6.76. The predicted octanol–water partition coefficient (Wildman–Crippen LogP) is 1.44. The van der Waals surface area contributed by atoms with Crippen molar-refractivity contribution in [3.05, 3.63) is 18.2 Å². The lowest BCUT2D eigenvalue weighted by Gasteiger charge is -2.34. The number of rotatable bonds is 6. The second-order valence-corrected chi connectivity index (χ2v) is 6.76. The molecule has 7 heteroatoms. The van der Waals surface area contributed by atoms with E-state index >= 15 is 0 Å². The average molecular weight is 361 g/mol. The van der Waals surface area contributed by atoms with Gasteiger partial charge in [-0.1, -0.05) is 6.92 Å². The molecule has 0 radical (unpaired) electrons. The molecule has 1 heterocycles. The third-order valence-corrected chi connectivity index (χ3v) is 5.24. The van der Waals surface area contributed by atoms with Gasteiger partial charge in [0.05, 0.1) is 31.7 Å². The molecule has 2 aliphatic rings. The maximum Gasteiger partial charge on any atom is 0.228 e. The molecule has 1 aliphatic carbocycles. The smallest absolute Gasteiger partial charge is 0.228 e. The van der Waals surface area contributed by atoms with E-state index in [4.69, 9.17) is 9.47 Å². The molecule has 1 aromatic carbocycles. The van der Waals surface area contributed by atoms with Gasteiger partial charge < -0.3 is 24.6 Å². The summed E-state index contributed by atoms with van der Waals surface area (Å²) in [7, 11) is 3.12. The van der Waals surface area contributed by atoms with Crippen molar-refractivity contribution in [1.82, 2.24) is 9.80 Å². The third kappa shape index (κ3) is 3.93. The minimum atomic E-state index is -0.261. The molecule has 142 valence electrons. The summed E-state index contributed by atoms with van der Waals surface area (Å²) < 4.78 is 10.5. The highest BCUT2D eigenvalue weighted by Gasteiger charge is 2.49. The Hall–Kier alpha value is -2.28. The van der Waals surface area contributed by atoms with Crippen molar-refractivity contribution < 1.29 is 19.1 Å². The van der Waals surface area contributed by atoms with Gasteiger partial charge in [0.2, 0.25) is 11.8 Å². The Bertz CT molecular complexity index is 671. The van der Waals surface area contributed by atoms with Gasteiger partial charge in [-0.25, -0.2) is 0 Å². The molecule has 0 aromatic heterocycles. The number of likely N-dealkylation sites (N-methyl/N-ethyl adjacent to an activating group) is 1. The molecule has 1 saturated heterocycles. The van der Waals surface area contributed by atoms with Gasteiger partial charge >= 0.3 is 0 Å². The summed E-state index contributed by atoms with van der Waals surface area (Å²) in [6.45, 7) is 6.46. The Morgan fingerprint density at radius 2 is 1.85 bits per heavy atom. The molecule has 7 nitrogen and oxygen atoms in total. The van der Waals surface area contributed by atoms with Crippen LogP contribution in [0, 0.1) is 11.8 Å². The lowest BCUT2D eigenvalue weighted by Crippen LogP contribution is -2.49. The van der Waals surface area contributed by atoms with E-state index in [-0.39, 0.29) is 23.7 Å². The number of hydrogen-bond donors (Lipinski definition) is 1. The van der Waals surface area contributed by atoms with Gasteiger partial charge in [-0.15, -0.1) is 0 Å². The highest BCUT2D eigenvalue weighted by atomic mass is 16.5. The number of methoxy groups -OCH3 is 2. The summed E-state index contributed by atoms with van der Waals surface area (Å²) in [5, 5.41) is 2.88. The first-order chi connectivity index (χ1) is 12.6. The third-order valence-electron chi connectivity index (χ3n) is 5.24. The van der Waals surface area contributed by atoms with Crippen LogP contribution in [0.25, 0.3) is 0 Å². The molecule has 0 spiro atoms. The molecule has 2 unspecified atom stereocenters. The number of anilines is 1. The summed E-state index contributed by atoms with van der Waals surface area (Å²) >= 11 is 0. The van der Waals surface area contributed by atoms with Gasteiger partial charge in [-0.05, 0) is 25.1 Å². The Morgan fingerprint density at radius 1 is 1.12 bits per heavy atom. The fourth-order valence-corrected chi connectivity index (χ4v) is 3.41. The number of ether oxygens (including phenoxy) is 2. The SMILES string of the molecule is CCN1CCN(C(=O)C2CC2C(=O)Nc2cc(OC)ccc2OC)CC1. The summed E-state index contributed by atoms with van der Waals surface area (Å²) in [6.07, 6.45) is 0.616. The molecule has 1 N–H and O–H groups in total. The first-order valence-corrected chi connectivity index (χ1v) is 9.11. The first kappa shape index (κ1) is 18.5. The van der Waals surface area contributed by atoms with E-state index in [1.807, 2.05) is 4.90 Å². The van der Waals surface area contributed by atoms with Crippen molar-refractivity contribution in [3.63, 3.8) is 0 Å². The summed E-state index contributed by atoms with van der Waals surface area (Å²) in [6, 6.07) is 5.24. The topological polar surface area (TPSA) is 71.1 Å². The summed E-state index contributed by atoms with van der Waals surface area (Å²) in [4.78, 5) is 29.4. The number of hydrogen-bond acceptors (Lipinski definition) is 5. The van der Waals surface area contributed by atoms with Gasteiger partial charge in [0, 0.05) is 32.2 Å². The molecule has 3 rings (SSSR count). The second kappa shape index (κ2) is 7.95. The van der Waals surface area contributed by atoms with Gasteiger partial charge in [0.15, 0.2) is 0 Å². The molecule has 1 aromatic rings. The van der Waals surface area contributed by atoms with Crippen LogP contribution >= 0.6 is 0 Å². The van der Waals surface area contributed by atoms with E-state index in [2.05, 4.69) is 17.1 Å². The highest BCUT2D eigenvalue weighted by Crippen LogP contribution is 2.41. The molecule has 1 saturated carbocycles. The molecule has 1 aliphatic heterocycles. The standard InChI is InChI=1S/C19H27N3O4/c1-4-21-7-9-22(10-8-21)19(24)15-12-14(15)18(23)20-16-11-13(25-2)5-6-17(16)26-3/h5-6,11,14-15H,4,7-10,12H2,1-3H3,(H,20,23). The van der Waals surface area contributed by atoms with E-state index in [0.717, 1.165) is 32.7 Å². The van der Waals surface area contributed by atoms with Gasteiger partial charge in [-0.3, -0.25) is 9.59 Å². The number of carbonyl (C=O) groups excluding carboxylic acids is 2. The number of nitrogens with zero attached hydrogens (tertiary/aromatic N) is 2. The van der Waals surface area contributed by atoms with Crippen LogP contribution < -0.4 is 14.8 Å². The van der Waals surface area contributed by atoms with Crippen LogP contribution in [0.3, 0.4) is 0 Å². The van der Waals surface area contributed by atoms with Gasteiger partial charge in [-0.2, -0.15) is 0 Å². The van der Waals surface area contributed by atoms with Crippen molar-refractivity contribution in [1.29, 1.82) is 0 Å². The average Bonchev–Trinajstić information content (AvgIpc) is 3.48. The van der Waals surface area contributed by atoms with Crippen molar-refractivity contribution >= 4 is 17.5 Å².